The van der Waals surface area contributed by atoms with Gasteiger partial charge in [0.2, 0.25) is 0 Å². The number of carbonyl (C=O) groups excluding carboxylic acids is 1. The molecule has 0 radical (unpaired) electrons. The van der Waals surface area contributed by atoms with E-state index in [2.05, 4.69) is 13.8 Å². The van der Waals surface area contributed by atoms with Crippen molar-refractivity contribution in [3.8, 4) is 0 Å². The highest BCUT2D eigenvalue weighted by atomic mass is 16.5. The van der Waals surface area contributed by atoms with Gasteiger partial charge in [-0.25, -0.2) is 0 Å². The van der Waals surface area contributed by atoms with Crippen LogP contribution in [-0.2, 0) is 9.53 Å². The third-order valence-corrected chi connectivity index (χ3v) is 7.01. The first kappa shape index (κ1) is 31.5. The summed E-state index contributed by atoms with van der Waals surface area (Å²) in [6.45, 7) is 5.24. The van der Waals surface area contributed by atoms with Crippen LogP contribution in [0.25, 0.3) is 0 Å². The van der Waals surface area contributed by atoms with Gasteiger partial charge in [-0.2, -0.15) is 0 Å². The summed E-state index contributed by atoms with van der Waals surface area (Å²) in [5, 5.41) is 0. The molecule has 0 aliphatic carbocycles. The minimum absolute atomic E-state index is 0.166. The fraction of sp³-hybridized carbons (Fsp3) is 0.967. The van der Waals surface area contributed by atoms with E-state index in [9.17, 15) is 4.79 Å². The van der Waals surface area contributed by atoms with Crippen LogP contribution in [0.1, 0.15) is 181 Å². The Labute approximate surface area is 203 Å². The second-order valence-corrected chi connectivity index (χ2v) is 10.2. The molecule has 0 aliphatic rings. The maximum Gasteiger partial charge on any atom is 0.293 e. The fourth-order valence-electron chi connectivity index (χ4n) is 4.78. The van der Waals surface area contributed by atoms with E-state index in [1.807, 2.05) is 0 Å². The van der Waals surface area contributed by atoms with E-state index in [4.69, 9.17) is 4.74 Å². The monoisotopic (exact) mass is 452 g/mol. The van der Waals surface area contributed by atoms with Crippen LogP contribution in [0.3, 0.4) is 0 Å². The summed E-state index contributed by atoms with van der Waals surface area (Å²) in [4.78, 5) is 10.8. The average Bonchev–Trinajstić information content (AvgIpc) is 2.80. The zero-order chi connectivity index (χ0) is 23.4. The molecule has 32 heavy (non-hydrogen) atoms. The Morgan fingerprint density at radius 3 is 0.938 bits per heavy atom. The zero-order valence-corrected chi connectivity index (χ0v) is 22.4. The molecule has 0 amide bonds. The van der Waals surface area contributed by atoms with Gasteiger partial charge in [-0.05, 0) is 25.7 Å². The lowest BCUT2D eigenvalue weighted by Gasteiger charge is -2.15. The second-order valence-electron chi connectivity index (χ2n) is 10.2. The molecule has 2 heteroatoms. The summed E-state index contributed by atoms with van der Waals surface area (Å²) in [6.07, 6.45) is 35.4. The van der Waals surface area contributed by atoms with Crippen molar-refractivity contribution < 1.29 is 9.53 Å². The molecule has 0 saturated heterocycles. The molecule has 192 valence electrons. The molecule has 0 unspecified atom stereocenters. The molecule has 0 aliphatic heterocycles. The van der Waals surface area contributed by atoms with Gasteiger partial charge in [-0.3, -0.25) is 4.79 Å². The number of hydrogen-bond donors (Lipinski definition) is 0. The highest BCUT2D eigenvalue weighted by Crippen LogP contribution is 2.17. The molecular formula is C30H60O2. The Hall–Kier alpha value is -0.530. The first-order valence-electron chi connectivity index (χ1n) is 14.9. The summed E-state index contributed by atoms with van der Waals surface area (Å²) in [7, 11) is 0. The third-order valence-electron chi connectivity index (χ3n) is 7.01. The summed E-state index contributed by atoms with van der Waals surface area (Å²) in [5.74, 6) is 0. The highest BCUT2D eigenvalue weighted by Gasteiger charge is 2.08. The molecule has 0 atom stereocenters. The molecule has 0 aromatic rings. The summed E-state index contributed by atoms with van der Waals surface area (Å²) in [5.41, 5.74) is 0. The van der Waals surface area contributed by atoms with E-state index in [0.717, 1.165) is 12.8 Å². The SMILES string of the molecule is CCCCCCCCCCCCCCC(CCCCCCCCCCCCCC)OC=O. The van der Waals surface area contributed by atoms with Gasteiger partial charge in [0.15, 0.2) is 0 Å². The Balaban J connectivity index is 3.39. The average molecular weight is 453 g/mol. The minimum Gasteiger partial charge on any atom is -0.465 e. The van der Waals surface area contributed by atoms with Crippen molar-refractivity contribution in [2.75, 3.05) is 0 Å². The van der Waals surface area contributed by atoms with Gasteiger partial charge < -0.3 is 4.74 Å². The van der Waals surface area contributed by atoms with Gasteiger partial charge in [0, 0.05) is 0 Å². The van der Waals surface area contributed by atoms with Crippen LogP contribution in [0, 0.1) is 0 Å². The van der Waals surface area contributed by atoms with Crippen LogP contribution in [0.4, 0.5) is 0 Å². The second kappa shape index (κ2) is 28.5. The first-order valence-corrected chi connectivity index (χ1v) is 14.9. The molecule has 0 aromatic carbocycles. The van der Waals surface area contributed by atoms with E-state index < -0.39 is 0 Å². The number of unbranched alkanes of at least 4 members (excludes halogenated alkanes) is 22. The maximum atomic E-state index is 10.8. The first-order chi connectivity index (χ1) is 15.8. The van der Waals surface area contributed by atoms with Gasteiger partial charge in [-0.1, -0.05) is 155 Å². The number of carbonyl (C=O) groups is 1. The third kappa shape index (κ3) is 25.7. The lowest BCUT2D eigenvalue weighted by molar-refractivity contribution is -0.134. The maximum absolute atomic E-state index is 10.8. The Morgan fingerprint density at radius 2 is 0.688 bits per heavy atom. The predicted molar refractivity (Wildman–Crippen MR) is 142 cm³/mol. The van der Waals surface area contributed by atoms with Crippen LogP contribution in [-0.4, -0.2) is 12.6 Å². The van der Waals surface area contributed by atoms with Gasteiger partial charge in [0.05, 0.1) is 0 Å². The van der Waals surface area contributed by atoms with E-state index in [0.29, 0.717) is 6.47 Å². The van der Waals surface area contributed by atoms with Gasteiger partial charge in [0.25, 0.3) is 6.47 Å². The van der Waals surface area contributed by atoms with E-state index in [1.54, 1.807) is 0 Å². The van der Waals surface area contributed by atoms with E-state index in [-0.39, 0.29) is 6.10 Å². The quantitative estimate of drug-likeness (QED) is 0.0871. The molecule has 0 N–H and O–H groups in total. The van der Waals surface area contributed by atoms with Crippen LogP contribution < -0.4 is 0 Å². The molecule has 0 fully saturated rings. The molecule has 2 nitrogen and oxygen atoms in total. The van der Waals surface area contributed by atoms with Gasteiger partial charge in [-0.15, -0.1) is 0 Å². The van der Waals surface area contributed by atoms with E-state index >= 15 is 0 Å². The Bertz CT molecular complexity index is 314. The van der Waals surface area contributed by atoms with E-state index in [1.165, 1.54) is 154 Å². The minimum atomic E-state index is 0.166. The molecule has 0 heterocycles. The van der Waals surface area contributed by atoms with Crippen LogP contribution in [0.15, 0.2) is 0 Å². The fourth-order valence-corrected chi connectivity index (χ4v) is 4.78. The largest absolute Gasteiger partial charge is 0.465 e. The summed E-state index contributed by atoms with van der Waals surface area (Å²) < 4.78 is 5.36. The molecule has 0 rings (SSSR count). The molecule has 0 bridgehead atoms. The lowest BCUT2D eigenvalue weighted by atomic mass is 10.0. The summed E-state index contributed by atoms with van der Waals surface area (Å²) in [6, 6.07) is 0. The molecule has 0 spiro atoms. The number of hydrogen-bond acceptors (Lipinski definition) is 2. The highest BCUT2D eigenvalue weighted by molar-refractivity contribution is 5.37. The molecule has 0 aromatic heterocycles. The molecular weight excluding hydrogens is 392 g/mol. The number of rotatable bonds is 28. The van der Waals surface area contributed by atoms with Crippen molar-refractivity contribution >= 4 is 6.47 Å². The van der Waals surface area contributed by atoms with Gasteiger partial charge in [0.1, 0.15) is 6.10 Å². The number of ether oxygens (including phenoxy) is 1. The van der Waals surface area contributed by atoms with Crippen molar-refractivity contribution in [3.63, 3.8) is 0 Å². The van der Waals surface area contributed by atoms with Crippen LogP contribution in [0.5, 0.6) is 0 Å². The van der Waals surface area contributed by atoms with Gasteiger partial charge >= 0.3 is 0 Å². The van der Waals surface area contributed by atoms with Crippen molar-refractivity contribution in [1.82, 2.24) is 0 Å². The van der Waals surface area contributed by atoms with Crippen molar-refractivity contribution in [2.24, 2.45) is 0 Å². The van der Waals surface area contributed by atoms with Crippen molar-refractivity contribution in [1.29, 1.82) is 0 Å². The summed E-state index contributed by atoms with van der Waals surface area (Å²) >= 11 is 0. The lowest BCUT2D eigenvalue weighted by Crippen LogP contribution is -2.12. The smallest absolute Gasteiger partial charge is 0.293 e. The Morgan fingerprint density at radius 1 is 0.438 bits per heavy atom. The van der Waals surface area contributed by atoms with Crippen LogP contribution in [0.2, 0.25) is 0 Å². The standard InChI is InChI=1S/C30H60O2/c1-3-5-7-9-11-13-15-17-19-21-23-25-27-30(32-29-31)28-26-24-22-20-18-16-14-12-10-8-6-4-2/h29-30H,3-28H2,1-2H3. The topological polar surface area (TPSA) is 26.3 Å². The van der Waals surface area contributed by atoms with Crippen LogP contribution >= 0.6 is 0 Å². The predicted octanol–water partition coefficient (Wildman–Crippen LogP) is 10.7. The Kier molecular flexibility index (Phi) is 28.0. The van der Waals surface area contributed by atoms with Crippen molar-refractivity contribution in [2.45, 2.75) is 187 Å². The zero-order valence-electron chi connectivity index (χ0n) is 22.4. The van der Waals surface area contributed by atoms with Crippen molar-refractivity contribution in [3.05, 3.63) is 0 Å². The molecule has 0 saturated carbocycles. The normalized spacial score (nSPS) is 11.3.